The lowest BCUT2D eigenvalue weighted by molar-refractivity contribution is -0.147. The maximum Gasteiger partial charge on any atom is 0.345 e. The van der Waals surface area contributed by atoms with Gasteiger partial charge in [0.15, 0.2) is 17.6 Å². The Morgan fingerprint density at radius 3 is 2.78 bits per heavy atom. The Kier molecular flexibility index (Phi) is 3.23. The highest BCUT2D eigenvalue weighted by Crippen LogP contribution is 2.23. The number of hydrogen-bond acceptors (Lipinski definition) is 4. The predicted octanol–water partition coefficient (Wildman–Crippen LogP) is 2.62. The normalized spacial score (nSPS) is 12.9. The molecule has 0 bridgehead atoms. The molecule has 0 aliphatic rings. The molecule has 1 N–H and O–H groups in total. The maximum absolute atomic E-state index is 11.1. The van der Waals surface area contributed by atoms with Crippen LogP contribution < -0.4 is 4.74 Å². The van der Waals surface area contributed by atoms with Crippen molar-refractivity contribution < 1.29 is 19.1 Å². The van der Waals surface area contributed by atoms with Gasteiger partial charge in [-0.15, -0.1) is 0 Å². The first kappa shape index (κ1) is 12.4. The summed E-state index contributed by atoms with van der Waals surface area (Å²) in [6, 6.07) is 5.10. The molecule has 1 aromatic heterocycles. The molecule has 0 radical (unpaired) electrons. The number of aryl methyl sites for hydroxylation is 1. The van der Waals surface area contributed by atoms with Gasteiger partial charge in [-0.2, -0.15) is 0 Å². The van der Waals surface area contributed by atoms with Crippen molar-refractivity contribution >= 4 is 17.1 Å². The Morgan fingerprint density at radius 1 is 1.44 bits per heavy atom. The first-order valence-electron chi connectivity index (χ1n) is 5.74. The van der Waals surface area contributed by atoms with E-state index in [4.69, 9.17) is 14.3 Å². The fourth-order valence-corrected chi connectivity index (χ4v) is 1.71. The second-order valence-electron chi connectivity index (χ2n) is 4.48. The molecule has 0 aliphatic heterocycles. The number of carbonyl (C=O) groups is 1. The van der Waals surface area contributed by atoms with Crippen LogP contribution in [0.25, 0.3) is 11.1 Å². The summed E-state index contributed by atoms with van der Waals surface area (Å²) in [5.74, 6) is -0.0311. The van der Waals surface area contributed by atoms with E-state index in [-0.39, 0.29) is 5.92 Å². The van der Waals surface area contributed by atoms with Crippen LogP contribution >= 0.6 is 0 Å². The molecule has 1 heterocycles. The van der Waals surface area contributed by atoms with Crippen LogP contribution in [0, 0.1) is 12.8 Å². The molecule has 0 spiro atoms. The predicted molar refractivity (Wildman–Crippen MR) is 65.6 cm³/mol. The van der Waals surface area contributed by atoms with Crippen molar-refractivity contribution in [2.24, 2.45) is 5.92 Å². The van der Waals surface area contributed by atoms with Gasteiger partial charge >= 0.3 is 5.97 Å². The summed E-state index contributed by atoms with van der Waals surface area (Å²) in [5.41, 5.74) is 1.33. The highest BCUT2D eigenvalue weighted by Gasteiger charge is 2.23. The van der Waals surface area contributed by atoms with Crippen LogP contribution in [0.4, 0.5) is 0 Å². The Hall–Kier alpha value is -2.04. The SMILES string of the molecule is Cc1nc2cc(OC(C(=O)O)C(C)C)ccc2o1. The minimum Gasteiger partial charge on any atom is -0.478 e. The van der Waals surface area contributed by atoms with Gasteiger partial charge in [0.1, 0.15) is 11.3 Å². The van der Waals surface area contributed by atoms with E-state index in [0.717, 1.165) is 0 Å². The number of hydrogen-bond donors (Lipinski definition) is 1. The number of benzene rings is 1. The van der Waals surface area contributed by atoms with E-state index in [1.807, 2.05) is 0 Å². The minimum absolute atomic E-state index is 0.114. The first-order chi connectivity index (χ1) is 8.47. The van der Waals surface area contributed by atoms with Crippen molar-refractivity contribution in [3.05, 3.63) is 24.1 Å². The van der Waals surface area contributed by atoms with Gasteiger partial charge in [-0.3, -0.25) is 0 Å². The molecule has 0 fully saturated rings. The van der Waals surface area contributed by atoms with E-state index >= 15 is 0 Å². The number of nitrogens with zero attached hydrogens (tertiary/aromatic N) is 1. The molecule has 0 saturated carbocycles. The van der Waals surface area contributed by atoms with Crippen molar-refractivity contribution in [3.8, 4) is 5.75 Å². The van der Waals surface area contributed by atoms with Crippen molar-refractivity contribution in [2.75, 3.05) is 0 Å². The van der Waals surface area contributed by atoms with Crippen LogP contribution in [0.2, 0.25) is 0 Å². The zero-order chi connectivity index (χ0) is 13.3. The van der Waals surface area contributed by atoms with E-state index in [1.165, 1.54) is 0 Å². The highest BCUT2D eigenvalue weighted by atomic mass is 16.5. The fraction of sp³-hybridized carbons (Fsp3) is 0.385. The molecule has 2 aromatic rings. The largest absolute Gasteiger partial charge is 0.478 e. The van der Waals surface area contributed by atoms with Crippen molar-refractivity contribution in [1.82, 2.24) is 4.98 Å². The molecule has 18 heavy (non-hydrogen) atoms. The van der Waals surface area contributed by atoms with Crippen molar-refractivity contribution in [1.29, 1.82) is 0 Å². The van der Waals surface area contributed by atoms with E-state index in [0.29, 0.717) is 22.7 Å². The highest BCUT2D eigenvalue weighted by molar-refractivity contribution is 5.75. The van der Waals surface area contributed by atoms with E-state index in [1.54, 1.807) is 39.0 Å². The molecular weight excluding hydrogens is 234 g/mol. The molecule has 1 aromatic carbocycles. The Morgan fingerprint density at radius 2 is 2.17 bits per heavy atom. The number of aliphatic carboxylic acids is 1. The standard InChI is InChI=1S/C13H15NO4/c1-7(2)12(13(15)16)18-9-4-5-11-10(6-9)14-8(3)17-11/h4-7,12H,1-3H3,(H,15,16). The summed E-state index contributed by atoms with van der Waals surface area (Å²) in [7, 11) is 0. The van der Waals surface area contributed by atoms with E-state index < -0.39 is 12.1 Å². The number of rotatable bonds is 4. The summed E-state index contributed by atoms with van der Waals surface area (Å²) in [6.45, 7) is 5.36. The van der Waals surface area contributed by atoms with Gasteiger partial charge in [0, 0.05) is 18.9 Å². The lowest BCUT2D eigenvalue weighted by Crippen LogP contribution is -2.32. The number of aromatic nitrogens is 1. The zero-order valence-corrected chi connectivity index (χ0v) is 10.5. The first-order valence-corrected chi connectivity index (χ1v) is 5.74. The Labute approximate surface area is 104 Å². The van der Waals surface area contributed by atoms with Crippen LogP contribution in [-0.2, 0) is 4.79 Å². The molecule has 0 amide bonds. The quantitative estimate of drug-likeness (QED) is 0.901. The minimum atomic E-state index is -0.971. The Bertz CT molecular complexity index is 573. The average Bonchev–Trinajstić information content (AvgIpc) is 2.64. The van der Waals surface area contributed by atoms with Crippen LogP contribution in [0.1, 0.15) is 19.7 Å². The van der Waals surface area contributed by atoms with Gasteiger partial charge in [-0.1, -0.05) is 13.8 Å². The summed E-state index contributed by atoms with van der Waals surface area (Å²) in [6.07, 6.45) is -0.865. The van der Waals surface area contributed by atoms with Gasteiger partial charge in [0.05, 0.1) is 0 Å². The smallest absolute Gasteiger partial charge is 0.345 e. The van der Waals surface area contributed by atoms with Gasteiger partial charge in [-0.25, -0.2) is 9.78 Å². The average molecular weight is 249 g/mol. The summed E-state index contributed by atoms with van der Waals surface area (Å²) in [4.78, 5) is 15.2. The molecule has 0 saturated heterocycles. The van der Waals surface area contributed by atoms with Gasteiger partial charge in [0.2, 0.25) is 0 Å². The molecule has 1 unspecified atom stereocenters. The van der Waals surface area contributed by atoms with Crippen molar-refractivity contribution in [2.45, 2.75) is 26.9 Å². The second kappa shape index (κ2) is 4.68. The zero-order valence-electron chi connectivity index (χ0n) is 10.5. The molecule has 1 atom stereocenters. The molecule has 5 nitrogen and oxygen atoms in total. The monoisotopic (exact) mass is 249 g/mol. The lowest BCUT2D eigenvalue weighted by Gasteiger charge is -2.18. The lowest BCUT2D eigenvalue weighted by atomic mass is 10.1. The van der Waals surface area contributed by atoms with Crippen LogP contribution in [0.5, 0.6) is 5.75 Å². The van der Waals surface area contributed by atoms with Crippen LogP contribution in [0.15, 0.2) is 22.6 Å². The maximum atomic E-state index is 11.1. The van der Waals surface area contributed by atoms with Gasteiger partial charge < -0.3 is 14.3 Å². The molecular formula is C13H15NO4. The number of carboxylic acids is 1. The van der Waals surface area contributed by atoms with Gasteiger partial charge in [0.25, 0.3) is 0 Å². The number of oxazole rings is 1. The van der Waals surface area contributed by atoms with Crippen LogP contribution in [-0.4, -0.2) is 22.2 Å². The molecule has 0 aliphatic carbocycles. The second-order valence-corrected chi connectivity index (χ2v) is 4.48. The number of ether oxygens (including phenoxy) is 1. The topological polar surface area (TPSA) is 72.6 Å². The van der Waals surface area contributed by atoms with E-state index in [9.17, 15) is 4.79 Å². The third kappa shape index (κ3) is 2.45. The summed E-state index contributed by atoms with van der Waals surface area (Å²) < 4.78 is 10.8. The Balaban J connectivity index is 2.27. The molecule has 96 valence electrons. The third-order valence-corrected chi connectivity index (χ3v) is 2.58. The number of carboxylic acid groups (broad SMARTS) is 1. The summed E-state index contributed by atoms with van der Waals surface area (Å²) >= 11 is 0. The van der Waals surface area contributed by atoms with Crippen molar-refractivity contribution in [3.63, 3.8) is 0 Å². The molecule has 2 rings (SSSR count). The van der Waals surface area contributed by atoms with E-state index in [2.05, 4.69) is 4.98 Å². The van der Waals surface area contributed by atoms with Crippen LogP contribution in [0.3, 0.4) is 0 Å². The molecule has 5 heteroatoms. The third-order valence-electron chi connectivity index (χ3n) is 2.58. The van der Waals surface area contributed by atoms with Gasteiger partial charge in [-0.05, 0) is 12.1 Å². The fourth-order valence-electron chi connectivity index (χ4n) is 1.71. The number of fused-ring (bicyclic) bond motifs is 1. The summed E-state index contributed by atoms with van der Waals surface area (Å²) in [5, 5.41) is 9.06.